The third kappa shape index (κ3) is 4.30. The SMILES string of the molecule is CC1CCc2sc(C(=O)NNC(=O)CC(O)(c3nccn3C)C(F)(F)F)cc2C1. The minimum absolute atomic E-state index is 0.375. The van der Waals surface area contributed by atoms with Crippen LogP contribution in [-0.2, 0) is 30.3 Å². The second-order valence-electron chi connectivity index (χ2n) is 7.31. The standard InChI is InChI=1S/C18H21F3N4O3S/c1-10-3-4-12-11(7-10)8-13(29-12)15(27)24-23-14(26)9-17(28,18(19,20)21)16-22-5-6-25(16)2/h5-6,8,10,28H,3-4,7,9H2,1-2H3,(H,23,26)(H,24,27). The maximum Gasteiger partial charge on any atom is 0.425 e. The molecule has 0 bridgehead atoms. The number of nitrogens with zero attached hydrogens (tertiary/aromatic N) is 2. The number of nitrogens with one attached hydrogen (secondary N) is 2. The molecular weight excluding hydrogens is 409 g/mol. The van der Waals surface area contributed by atoms with Crippen molar-refractivity contribution in [2.45, 2.75) is 44.4 Å². The zero-order chi connectivity index (χ0) is 21.4. The molecule has 0 fully saturated rings. The van der Waals surface area contributed by atoms with Crippen LogP contribution in [0.1, 0.15) is 45.7 Å². The fourth-order valence-corrected chi connectivity index (χ4v) is 4.46. The number of aromatic nitrogens is 2. The zero-order valence-corrected chi connectivity index (χ0v) is 16.7. The van der Waals surface area contributed by atoms with Gasteiger partial charge in [-0.2, -0.15) is 13.2 Å². The third-order valence-electron chi connectivity index (χ3n) is 4.94. The molecule has 1 aliphatic carbocycles. The van der Waals surface area contributed by atoms with Crippen molar-refractivity contribution in [3.05, 3.63) is 39.6 Å². The number of thiophene rings is 1. The number of halogens is 3. The Hall–Kier alpha value is -2.40. The maximum atomic E-state index is 13.5. The van der Waals surface area contributed by atoms with E-state index in [1.807, 2.05) is 5.43 Å². The van der Waals surface area contributed by atoms with Crippen LogP contribution < -0.4 is 10.9 Å². The van der Waals surface area contributed by atoms with Gasteiger partial charge < -0.3 is 9.67 Å². The minimum atomic E-state index is -5.14. The number of hydrogen-bond donors (Lipinski definition) is 3. The van der Waals surface area contributed by atoms with Gasteiger partial charge in [0.25, 0.3) is 5.91 Å². The number of rotatable bonds is 4. The largest absolute Gasteiger partial charge is 0.425 e. The Bertz CT molecular complexity index is 924. The molecule has 7 nitrogen and oxygen atoms in total. The lowest BCUT2D eigenvalue weighted by Gasteiger charge is -2.29. The molecule has 2 aromatic heterocycles. The molecule has 2 atom stereocenters. The lowest BCUT2D eigenvalue weighted by molar-refractivity contribution is -0.271. The van der Waals surface area contributed by atoms with Crippen molar-refractivity contribution >= 4 is 23.2 Å². The number of fused-ring (bicyclic) bond motifs is 1. The first-order chi connectivity index (χ1) is 13.5. The molecule has 2 heterocycles. The van der Waals surface area contributed by atoms with Gasteiger partial charge in [0.2, 0.25) is 11.5 Å². The summed E-state index contributed by atoms with van der Waals surface area (Å²) in [5.74, 6) is -2.00. The highest BCUT2D eigenvalue weighted by atomic mass is 32.1. The smallest absolute Gasteiger partial charge is 0.374 e. The predicted octanol–water partition coefficient (Wildman–Crippen LogP) is 2.21. The van der Waals surface area contributed by atoms with Gasteiger partial charge in [-0.3, -0.25) is 20.4 Å². The first kappa shape index (κ1) is 21.3. The van der Waals surface area contributed by atoms with Crippen molar-refractivity contribution in [2.24, 2.45) is 13.0 Å². The average molecular weight is 430 g/mol. The molecule has 0 spiro atoms. The zero-order valence-electron chi connectivity index (χ0n) is 15.8. The Kier molecular flexibility index (Phi) is 5.72. The lowest BCUT2D eigenvalue weighted by Crippen LogP contribution is -2.50. The van der Waals surface area contributed by atoms with Gasteiger partial charge in [-0.25, -0.2) is 4.98 Å². The molecule has 0 radical (unpaired) electrons. The van der Waals surface area contributed by atoms with Crippen molar-refractivity contribution in [1.82, 2.24) is 20.4 Å². The summed E-state index contributed by atoms with van der Waals surface area (Å²) in [6.07, 6.45) is -1.39. The summed E-state index contributed by atoms with van der Waals surface area (Å²) in [5, 5.41) is 10.2. The van der Waals surface area contributed by atoms with Crippen LogP contribution >= 0.6 is 11.3 Å². The molecule has 0 saturated carbocycles. The number of hydrogen-bond acceptors (Lipinski definition) is 5. The van der Waals surface area contributed by atoms with Gasteiger partial charge in [0.15, 0.2) is 5.82 Å². The van der Waals surface area contributed by atoms with E-state index in [1.54, 1.807) is 6.07 Å². The Morgan fingerprint density at radius 2 is 2.10 bits per heavy atom. The molecule has 2 aromatic rings. The van der Waals surface area contributed by atoms with E-state index in [4.69, 9.17) is 0 Å². The molecule has 3 rings (SSSR count). The number of hydrazine groups is 1. The molecule has 0 saturated heterocycles. The van der Waals surface area contributed by atoms with Crippen LogP contribution in [0.5, 0.6) is 0 Å². The molecule has 0 aromatic carbocycles. The van der Waals surface area contributed by atoms with Crippen molar-refractivity contribution < 1.29 is 27.9 Å². The quantitative estimate of drug-likeness (QED) is 0.648. The fourth-order valence-electron chi connectivity index (χ4n) is 3.35. The van der Waals surface area contributed by atoms with Crippen LogP contribution in [0.2, 0.25) is 0 Å². The number of imidazole rings is 1. The molecule has 2 unspecified atom stereocenters. The molecule has 0 aliphatic heterocycles. The molecule has 1 aliphatic rings. The Morgan fingerprint density at radius 1 is 1.38 bits per heavy atom. The lowest BCUT2D eigenvalue weighted by atomic mass is 9.90. The van der Waals surface area contributed by atoms with E-state index in [-0.39, 0.29) is 0 Å². The van der Waals surface area contributed by atoms with Gasteiger partial charge >= 0.3 is 6.18 Å². The van der Waals surface area contributed by atoms with E-state index in [9.17, 15) is 27.9 Å². The number of amides is 2. The highest BCUT2D eigenvalue weighted by Crippen LogP contribution is 2.40. The summed E-state index contributed by atoms with van der Waals surface area (Å²) in [7, 11) is 1.28. The van der Waals surface area contributed by atoms with Crippen molar-refractivity contribution in [3.63, 3.8) is 0 Å². The topological polar surface area (TPSA) is 96.2 Å². The van der Waals surface area contributed by atoms with Crippen LogP contribution in [0.25, 0.3) is 0 Å². The highest BCUT2D eigenvalue weighted by molar-refractivity contribution is 7.14. The Balaban J connectivity index is 1.66. The molecular formula is C18H21F3N4O3S. The van der Waals surface area contributed by atoms with Crippen LogP contribution in [0.3, 0.4) is 0 Å². The van der Waals surface area contributed by atoms with E-state index >= 15 is 0 Å². The number of aryl methyl sites for hydroxylation is 2. The van der Waals surface area contributed by atoms with E-state index in [2.05, 4.69) is 17.3 Å². The van der Waals surface area contributed by atoms with Gasteiger partial charge in [0.1, 0.15) is 0 Å². The molecule has 158 valence electrons. The van der Waals surface area contributed by atoms with E-state index in [0.717, 1.165) is 40.5 Å². The second kappa shape index (κ2) is 7.79. The van der Waals surface area contributed by atoms with E-state index < -0.39 is 35.8 Å². The summed E-state index contributed by atoms with van der Waals surface area (Å²) in [6, 6.07) is 1.75. The highest BCUT2D eigenvalue weighted by Gasteiger charge is 2.58. The van der Waals surface area contributed by atoms with Crippen LogP contribution in [0.4, 0.5) is 13.2 Å². The monoisotopic (exact) mass is 430 g/mol. The van der Waals surface area contributed by atoms with Gasteiger partial charge in [0, 0.05) is 24.3 Å². The van der Waals surface area contributed by atoms with Crippen molar-refractivity contribution in [3.8, 4) is 0 Å². The molecule has 3 N–H and O–H groups in total. The Labute approximate surface area is 168 Å². The maximum absolute atomic E-state index is 13.5. The van der Waals surface area contributed by atoms with E-state index in [0.29, 0.717) is 10.8 Å². The summed E-state index contributed by atoms with van der Waals surface area (Å²) in [6.45, 7) is 2.13. The summed E-state index contributed by atoms with van der Waals surface area (Å²) < 4.78 is 41.4. The minimum Gasteiger partial charge on any atom is -0.374 e. The van der Waals surface area contributed by atoms with Crippen LogP contribution in [0, 0.1) is 5.92 Å². The average Bonchev–Trinajstić information content (AvgIpc) is 3.24. The van der Waals surface area contributed by atoms with Crippen molar-refractivity contribution in [1.29, 1.82) is 0 Å². The third-order valence-corrected chi connectivity index (χ3v) is 6.18. The van der Waals surface area contributed by atoms with Gasteiger partial charge in [-0.15, -0.1) is 11.3 Å². The number of alkyl halides is 3. The van der Waals surface area contributed by atoms with Crippen LogP contribution in [0.15, 0.2) is 18.5 Å². The predicted molar refractivity (Wildman–Crippen MR) is 98.9 cm³/mol. The fraction of sp³-hybridized carbons (Fsp3) is 0.500. The molecule has 29 heavy (non-hydrogen) atoms. The molecule has 11 heteroatoms. The summed E-state index contributed by atoms with van der Waals surface area (Å²) in [4.78, 5) is 29.3. The molecule has 2 amide bonds. The summed E-state index contributed by atoms with van der Waals surface area (Å²) >= 11 is 1.31. The first-order valence-corrected chi connectivity index (χ1v) is 9.80. The Morgan fingerprint density at radius 3 is 2.72 bits per heavy atom. The summed E-state index contributed by atoms with van der Waals surface area (Å²) in [5.41, 5.74) is 1.67. The van der Waals surface area contributed by atoms with Gasteiger partial charge in [0.05, 0.1) is 11.3 Å². The number of carbonyl (C=O) groups excluding carboxylic acids is 2. The number of carbonyl (C=O) groups is 2. The van der Waals surface area contributed by atoms with Gasteiger partial charge in [-0.05, 0) is 36.8 Å². The normalized spacial score (nSPS) is 18.6. The van der Waals surface area contributed by atoms with Crippen molar-refractivity contribution in [2.75, 3.05) is 0 Å². The van der Waals surface area contributed by atoms with E-state index in [1.165, 1.54) is 24.6 Å². The second-order valence-corrected chi connectivity index (χ2v) is 8.44. The van der Waals surface area contributed by atoms with Gasteiger partial charge in [-0.1, -0.05) is 6.92 Å². The van der Waals surface area contributed by atoms with Crippen LogP contribution in [-0.4, -0.2) is 32.6 Å². The number of aliphatic hydroxyl groups is 1. The first-order valence-electron chi connectivity index (χ1n) is 8.99.